The van der Waals surface area contributed by atoms with Crippen molar-refractivity contribution in [3.05, 3.63) is 40.8 Å². The molecule has 0 amide bonds. The molecule has 0 saturated heterocycles. The zero-order chi connectivity index (χ0) is 15.1. The molecule has 21 heavy (non-hydrogen) atoms. The van der Waals surface area contributed by atoms with E-state index in [0.717, 1.165) is 47.8 Å². The van der Waals surface area contributed by atoms with Crippen molar-refractivity contribution in [2.24, 2.45) is 0 Å². The van der Waals surface area contributed by atoms with E-state index in [-0.39, 0.29) is 0 Å². The summed E-state index contributed by atoms with van der Waals surface area (Å²) in [6.07, 6.45) is 2.83. The van der Waals surface area contributed by atoms with Crippen molar-refractivity contribution in [2.45, 2.75) is 33.1 Å². The predicted octanol–water partition coefficient (Wildman–Crippen LogP) is 4.77. The van der Waals surface area contributed by atoms with Crippen LogP contribution in [0.2, 0.25) is 0 Å². The molecule has 0 N–H and O–H groups in total. The summed E-state index contributed by atoms with van der Waals surface area (Å²) in [4.78, 5) is 8.71. The molecule has 0 aliphatic carbocycles. The highest BCUT2D eigenvalue weighted by Gasteiger charge is 2.05. The van der Waals surface area contributed by atoms with Gasteiger partial charge in [-0.3, -0.25) is 0 Å². The lowest BCUT2D eigenvalue weighted by Gasteiger charge is -2.08. The number of aromatic nitrogens is 2. The van der Waals surface area contributed by atoms with Gasteiger partial charge in [0, 0.05) is 12.5 Å². The summed E-state index contributed by atoms with van der Waals surface area (Å²) in [5, 5.41) is 0. The Morgan fingerprint density at radius 1 is 1.00 bits per heavy atom. The zero-order valence-corrected chi connectivity index (χ0v) is 13.9. The van der Waals surface area contributed by atoms with Gasteiger partial charge >= 0.3 is 0 Å². The van der Waals surface area contributed by atoms with Gasteiger partial charge in [0.25, 0.3) is 0 Å². The highest BCUT2D eigenvalue weighted by atomic mass is 79.9. The standard InChI is InChI=1S/C16H19BrN2O2/c1-3-5-15-18-14(17)11-16(19-15)21-13-8-6-12(7-9-13)20-10-4-2/h6-9,11H,3-5,10H2,1-2H3. The van der Waals surface area contributed by atoms with Gasteiger partial charge in [0.1, 0.15) is 21.9 Å². The molecule has 0 aliphatic heterocycles. The molecule has 2 aromatic rings. The summed E-state index contributed by atoms with van der Waals surface area (Å²) in [5.74, 6) is 2.90. The third-order valence-corrected chi connectivity index (χ3v) is 3.12. The van der Waals surface area contributed by atoms with Gasteiger partial charge in [-0.25, -0.2) is 4.98 Å². The van der Waals surface area contributed by atoms with E-state index >= 15 is 0 Å². The minimum absolute atomic E-state index is 0.544. The summed E-state index contributed by atoms with van der Waals surface area (Å²) in [5.41, 5.74) is 0. The van der Waals surface area contributed by atoms with Gasteiger partial charge in [-0.05, 0) is 53.0 Å². The van der Waals surface area contributed by atoms with Crippen LogP contribution in [-0.2, 0) is 6.42 Å². The molecule has 0 saturated carbocycles. The smallest absolute Gasteiger partial charge is 0.223 e. The molecule has 112 valence electrons. The van der Waals surface area contributed by atoms with Crippen LogP contribution in [0, 0.1) is 0 Å². The van der Waals surface area contributed by atoms with Crippen LogP contribution in [-0.4, -0.2) is 16.6 Å². The molecule has 1 aromatic carbocycles. The highest BCUT2D eigenvalue weighted by molar-refractivity contribution is 9.10. The molecule has 0 aliphatic rings. The van der Waals surface area contributed by atoms with Crippen molar-refractivity contribution in [2.75, 3.05) is 6.61 Å². The molecular weight excluding hydrogens is 332 g/mol. The largest absolute Gasteiger partial charge is 0.494 e. The summed E-state index contributed by atoms with van der Waals surface area (Å²) < 4.78 is 12.0. The minimum atomic E-state index is 0.544. The summed E-state index contributed by atoms with van der Waals surface area (Å²) >= 11 is 3.39. The molecule has 0 bridgehead atoms. The van der Waals surface area contributed by atoms with Crippen LogP contribution >= 0.6 is 15.9 Å². The van der Waals surface area contributed by atoms with Crippen molar-refractivity contribution >= 4 is 15.9 Å². The molecular formula is C16H19BrN2O2. The number of nitrogens with zero attached hydrogens (tertiary/aromatic N) is 2. The molecule has 1 heterocycles. The monoisotopic (exact) mass is 350 g/mol. The lowest BCUT2D eigenvalue weighted by Crippen LogP contribution is -1.98. The first-order chi connectivity index (χ1) is 10.2. The molecule has 0 unspecified atom stereocenters. The number of hydrogen-bond donors (Lipinski definition) is 0. The fourth-order valence-electron chi connectivity index (χ4n) is 1.77. The fourth-order valence-corrected chi connectivity index (χ4v) is 2.17. The number of hydrogen-bond acceptors (Lipinski definition) is 4. The van der Waals surface area contributed by atoms with Crippen LogP contribution in [0.1, 0.15) is 32.5 Å². The van der Waals surface area contributed by atoms with E-state index < -0.39 is 0 Å². The van der Waals surface area contributed by atoms with Gasteiger partial charge in [-0.15, -0.1) is 0 Å². The quantitative estimate of drug-likeness (QED) is 0.674. The lowest BCUT2D eigenvalue weighted by molar-refractivity contribution is 0.317. The summed E-state index contributed by atoms with van der Waals surface area (Å²) in [6, 6.07) is 9.31. The first kappa shape index (κ1) is 15.8. The van der Waals surface area contributed by atoms with Gasteiger partial charge in [0.15, 0.2) is 0 Å². The second-order valence-corrected chi connectivity index (χ2v) is 5.43. The van der Waals surface area contributed by atoms with E-state index in [1.54, 1.807) is 6.07 Å². The number of ether oxygens (including phenoxy) is 2. The molecule has 0 radical (unpaired) electrons. The van der Waals surface area contributed by atoms with Gasteiger partial charge in [-0.1, -0.05) is 13.8 Å². The fraction of sp³-hybridized carbons (Fsp3) is 0.375. The number of aryl methyl sites for hydroxylation is 1. The van der Waals surface area contributed by atoms with Crippen LogP contribution in [0.5, 0.6) is 17.4 Å². The second kappa shape index (κ2) is 7.98. The first-order valence-electron chi connectivity index (χ1n) is 7.15. The third kappa shape index (κ3) is 5.01. The zero-order valence-electron chi connectivity index (χ0n) is 12.3. The van der Waals surface area contributed by atoms with E-state index in [9.17, 15) is 0 Å². The average molecular weight is 351 g/mol. The second-order valence-electron chi connectivity index (χ2n) is 4.62. The van der Waals surface area contributed by atoms with Crippen LogP contribution in [0.3, 0.4) is 0 Å². The topological polar surface area (TPSA) is 44.2 Å². The van der Waals surface area contributed by atoms with E-state index in [2.05, 4.69) is 39.7 Å². The maximum Gasteiger partial charge on any atom is 0.223 e. The Bertz CT molecular complexity index is 573. The van der Waals surface area contributed by atoms with Crippen LogP contribution in [0.25, 0.3) is 0 Å². The van der Waals surface area contributed by atoms with E-state index in [1.807, 2.05) is 24.3 Å². The normalized spacial score (nSPS) is 10.4. The van der Waals surface area contributed by atoms with Gasteiger partial charge < -0.3 is 9.47 Å². The highest BCUT2D eigenvalue weighted by Crippen LogP contribution is 2.24. The molecule has 0 fully saturated rings. The molecule has 1 aromatic heterocycles. The number of benzene rings is 1. The Hall–Kier alpha value is -1.62. The van der Waals surface area contributed by atoms with Crippen molar-refractivity contribution < 1.29 is 9.47 Å². The Kier molecular flexibility index (Phi) is 5.99. The maximum atomic E-state index is 5.77. The average Bonchev–Trinajstić information content (AvgIpc) is 2.46. The molecule has 0 spiro atoms. The Balaban J connectivity index is 2.07. The van der Waals surface area contributed by atoms with Crippen molar-refractivity contribution in [3.8, 4) is 17.4 Å². The van der Waals surface area contributed by atoms with E-state index in [4.69, 9.17) is 9.47 Å². The summed E-state index contributed by atoms with van der Waals surface area (Å²) in [7, 11) is 0. The van der Waals surface area contributed by atoms with Crippen molar-refractivity contribution in [1.29, 1.82) is 0 Å². The van der Waals surface area contributed by atoms with Crippen LogP contribution < -0.4 is 9.47 Å². The van der Waals surface area contributed by atoms with E-state index in [1.165, 1.54) is 0 Å². The molecule has 5 heteroatoms. The Labute approximate surface area is 133 Å². The van der Waals surface area contributed by atoms with Gasteiger partial charge in [0.2, 0.25) is 5.88 Å². The third-order valence-electron chi connectivity index (χ3n) is 2.71. The van der Waals surface area contributed by atoms with Crippen molar-refractivity contribution in [3.63, 3.8) is 0 Å². The van der Waals surface area contributed by atoms with Crippen molar-refractivity contribution in [1.82, 2.24) is 9.97 Å². The maximum absolute atomic E-state index is 5.77. The Morgan fingerprint density at radius 3 is 2.38 bits per heavy atom. The molecule has 4 nitrogen and oxygen atoms in total. The molecule has 2 rings (SSSR count). The number of rotatable bonds is 7. The SMILES string of the molecule is CCCOc1ccc(Oc2cc(Br)nc(CCC)n2)cc1. The molecule has 0 atom stereocenters. The predicted molar refractivity (Wildman–Crippen MR) is 86.0 cm³/mol. The van der Waals surface area contributed by atoms with E-state index in [0.29, 0.717) is 5.88 Å². The summed E-state index contributed by atoms with van der Waals surface area (Å²) in [6.45, 7) is 4.90. The van der Waals surface area contributed by atoms with Gasteiger partial charge in [-0.2, -0.15) is 4.98 Å². The van der Waals surface area contributed by atoms with Crippen LogP contribution in [0.15, 0.2) is 34.9 Å². The lowest BCUT2D eigenvalue weighted by atomic mass is 10.3. The first-order valence-corrected chi connectivity index (χ1v) is 7.94. The minimum Gasteiger partial charge on any atom is -0.494 e. The van der Waals surface area contributed by atoms with Crippen LogP contribution in [0.4, 0.5) is 0 Å². The number of halogens is 1. The Morgan fingerprint density at radius 2 is 1.71 bits per heavy atom. The van der Waals surface area contributed by atoms with Gasteiger partial charge in [0.05, 0.1) is 6.61 Å².